The average molecular weight is 337 g/mol. The number of rotatable bonds is 12. The first kappa shape index (κ1) is 23.8. The number of ether oxygens (including phenoxy) is 1. The molecule has 22 heavy (non-hydrogen) atoms. The van der Waals surface area contributed by atoms with Crippen LogP contribution in [0.3, 0.4) is 0 Å². The Labute approximate surface area is 143 Å². The van der Waals surface area contributed by atoms with Crippen molar-refractivity contribution in [2.24, 2.45) is 5.73 Å². The van der Waals surface area contributed by atoms with Crippen LogP contribution in [0.15, 0.2) is 0 Å². The minimum Gasteiger partial charge on any atom is -0.444 e. The highest BCUT2D eigenvalue weighted by Gasteiger charge is 2.15. The second-order valence-electron chi connectivity index (χ2n) is 6.75. The summed E-state index contributed by atoms with van der Waals surface area (Å²) in [6, 6.07) is 0. The second-order valence-corrected chi connectivity index (χ2v) is 6.75. The van der Waals surface area contributed by atoms with E-state index in [0.717, 1.165) is 13.0 Å². The lowest BCUT2D eigenvalue weighted by Gasteiger charge is -2.19. The molecule has 0 aromatic carbocycles. The number of carbonyl (C=O) groups is 1. The van der Waals surface area contributed by atoms with Crippen molar-refractivity contribution >= 4 is 18.5 Å². The van der Waals surface area contributed by atoms with Crippen LogP contribution in [-0.4, -0.2) is 24.8 Å². The van der Waals surface area contributed by atoms with Gasteiger partial charge in [-0.05, 0) is 40.2 Å². The molecule has 0 atom stereocenters. The number of alkyl carbamates (subject to hydrolysis) is 1. The normalized spacial score (nSPS) is 10.9. The molecular weight excluding hydrogens is 300 g/mol. The molecule has 0 bridgehead atoms. The standard InChI is InChI=1S/C17H36N2O2.ClH/c1-17(2,3)21-16(20)19-15-13-11-9-7-5-4-6-8-10-12-14-18;/h4-15,18H2,1-3H3,(H,19,20);1H. The number of unbranched alkanes of at least 4 members (excludes halogenated alkanes) is 9. The van der Waals surface area contributed by atoms with Gasteiger partial charge in [0.2, 0.25) is 0 Å². The zero-order valence-electron chi connectivity index (χ0n) is 14.8. The van der Waals surface area contributed by atoms with Crippen molar-refractivity contribution in [1.82, 2.24) is 5.32 Å². The molecule has 0 unspecified atom stereocenters. The van der Waals surface area contributed by atoms with E-state index in [-0.39, 0.29) is 18.5 Å². The van der Waals surface area contributed by atoms with Gasteiger partial charge >= 0.3 is 6.09 Å². The maximum Gasteiger partial charge on any atom is 0.407 e. The Hall–Kier alpha value is -0.480. The smallest absolute Gasteiger partial charge is 0.407 e. The van der Waals surface area contributed by atoms with E-state index in [2.05, 4.69) is 5.32 Å². The van der Waals surface area contributed by atoms with Crippen LogP contribution in [0.2, 0.25) is 0 Å². The molecule has 3 N–H and O–H groups in total. The third-order valence-corrected chi connectivity index (χ3v) is 3.30. The summed E-state index contributed by atoms with van der Waals surface area (Å²) in [5.74, 6) is 0. The summed E-state index contributed by atoms with van der Waals surface area (Å²) in [7, 11) is 0. The van der Waals surface area contributed by atoms with E-state index in [9.17, 15) is 4.79 Å². The number of nitrogens with one attached hydrogen (secondary N) is 1. The summed E-state index contributed by atoms with van der Waals surface area (Å²) < 4.78 is 5.18. The lowest BCUT2D eigenvalue weighted by atomic mass is 10.1. The number of carbonyl (C=O) groups excluding carboxylic acids is 1. The van der Waals surface area contributed by atoms with Crippen LogP contribution in [0.25, 0.3) is 0 Å². The van der Waals surface area contributed by atoms with Gasteiger partial charge in [-0.15, -0.1) is 12.4 Å². The molecule has 0 aliphatic carbocycles. The van der Waals surface area contributed by atoms with Crippen LogP contribution >= 0.6 is 12.4 Å². The topological polar surface area (TPSA) is 64.3 Å². The molecule has 4 nitrogen and oxygen atoms in total. The number of amides is 1. The molecule has 0 spiro atoms. The molecule has 0 saturated carbocycles. The van der Waals surface area contributed by atoms with Gasteiger partial charge in [-0.25, -0.2) is 4.79 Å². The molecular formula is C17H37ClN2O2. The van der Waals surface area contributed by atoms with Gasteiger partial charge in [-0.2, -0.15) is 0 Å². The summed E-state index contributed by atoms with van der Waals surface area (Å²) in [6.07, 6.45) is 12.3. The van der Waals surface area contributed by atoms with E-state index in [4.69, 9.17) is 10.5 Å². The van der Waals surface area contributed by atoms with Crippen LogP contribution in [0.4, 0.5) is 4.79 Å². The van der Waals surface area contributed by atoms with Gasteiger partial charge < -0.3 is 15.8 Å². The highest BCUT2D eigenvalue weighted by molar-refractivity contribution is 5.85. The van der Waals surface area contributed by atoms with Crippen LogP contribution in [-0.2, 0) is 4.74 Å². The van der Waals surface area contributed by atoms with Gasteiger partial charge in [0, 0.05) is 6.54 Å². The van der Waals surface area contributed by atoms with Crippen LogP contribution < -0.4 is 11.1 Å². The van der Waals surface area contributed by atoms with Gasteiger partial charge in [0.25, 0.3) is 0 Å². The van der Waals surface area contributed by atoms with Crippen molar-refractivity contribution in [2.75, 3.05) is 13.1 Å². The van der Waals surface area contributed by atoms with Gasteiger partial charge in [0.1, 0.15) is 5.60 Å². The van der Waals surface area contributed by atoms with E-state index < -0.39 is 5.60 Å². The number of hydrogen-bond acceptors (Lipinski definition) is 3. The monoisotopic (exact) mass is 336 g/mol. The summed E-state index contributed by atoms with van der Waals surface area (Å²) in [5.41, 5.74) is 5.06. The molecule has 0 aromatic heterocycles. The molecule has 0 fully saturated rings. The number of halogens is 1. The minimum atomic E-state index is -0.408. The molecule has 0 aliphatic rings. The van der Waals surface area contributed by atoms with Gasteiger partial charge in [-0.1, -0.05) is 51.4 Å². The van der Waals surface area contributed by atoms with Crippen molar-refractivity contribution in [1.29, 1.82) is 0 Å². The molecule has 0 radical (unpaired) electrons. The van der Waals surface area contributed by atoms with E-state index in [1.807, 2.05) is 20.8 Å². The third-order valence-electron chi connectivity index (χ3n) is 3.30. The second kappa shape index (κ2) is 15.4. The van der Waals surface area contributed by atoms with Gasteiger partial charge in [0.15, 0.2) is 0 Å². The SMILES string of the molecule is CC(C)(C)OC(=O)NCCCCCCCCCCCCN.Cl. The molecule has 0 saturated heterocycles. The summed E-state index contributed by atoms with van der Waals surface area (Å²) in [4.78, 5) is 11.4. The molecule has 1 amide bonds. The van der Waals surface area contributed by atoms with Crippen molar-refractivity contribution in [3.05, 3.63) is 0 Å². The highest BCUT2D eigenvalue weighted by Crippen LogP contribution is 2.10. The predicted molar refractivity (Wildman–Crippen MR) is 96.7 cm³/mol. The van der Waals surface area contributed by atoms with E-state index in [0.29, 0.717) is 6.54 Å². The Bertz CT molecular complexity index is 256. The summed E-state index contributed by atoms with van der Waals surface area (Å²) in [6.45, 7) is 7.18. The molecule has 134 valence electrons. The lowest BCUT2D eigenvalue weighted by molar-refractivity contribution is 0.0527. The van der Waals surface area contributed by atoms with Crippen molar-refractivity contribution in [3.63, 3.8) is 0 Å². The molecule has 5 heteroatoms. The zero-order chi connectivity index (χ0) is 16.0. The minimum absolute atomic E-state index is 0. The molecule has 0 aromatic rings. The third kappa shape index (κ3) is 19.5. The first-order valence-electron chi connectivity index (χ1n) is 8.62. The van der Waals surface area contributed by atoms with Crippen LogP contribution in [0.5, 0.6) is 0 Å². The van der Waals surface area contributed by atoms with Gasteiger partial charge in [-0.3, -0.25) is 0 Å². The van der Waals surface area contributed by atoms with E-state index in [1.165, 1.54) is 57.8 Å². The quantitative estimate of drug-likeness (QED) is 0.503. The Morgan fingerprint density at radius 1 is 0.864 bits per heavy atom. The van der Waals surface area contributed by atoms with Gasteiger partial charge in [0.05, 0.1) is 0 Å². The lowest BCUT2D eigenvalue weighted by Crippen LogP contribution is -2.32. The fraction of sp³-hybridized carbons (Fsp3) is 0.941. The van der Waals surface area contributed by atoms with Crippen molar-refractivity contribution in [2.45, 2.75) is 90.6 Å². The molecule has 0 heterocycles. The first-order chi connectivity index (χ1) is 9.95. The maximum atomic E-state index is 11.4. The fourth-order valence-corrected chi connectivity index (χ4v) is 2.19. The molecule has 0 aliphatic heterocycles. The summed E-state index contributed by atoms with van der Waals surface area (Å²) in [5, 5.41) is 2.80. The largest absolute Gasteiger partial charge is 0.444 e. The van der Waals surface area contributed by atoms with E-state index >= 15 is 0 Å². The van der Waals surface area contributed by atoms with E-state index in [1.54, 1.807) is 0 Å². The van der Waals surface area contributed by atoms with Crippen LogP contribution in [0, 0.1) is 0 Å². The highest BCUT2D eigenvalue weighted by atomic mass is 35.5. The fourth-order valence-electron chi connectivity index (χ4n) is 2.19. The maximum absolute atomic E-state index is 11.4. The zero-order valence-corrected chi connectivity index (χ0v) is 15.6. The van der Waals surface area contributed by atoms with Crippen LogP contribution in [0.1, 0.15) is 85.0 Å². The number of hydrogen-bond donors (Lipinski definition) is 2. The van der Waals surface area contributed by atoms with Crippen molar-refractivity contribution < 1.29 is 9.53 Å². The Balaban J connectivity index is 0. The Kier molecular flexibility index (Phi) is 16.7. The summed E-state index contributed by atoms with van der Waals surface area (Å²) >= 11 is 0. The first-order valence-corrected chi connectivity index (χ1v) is 8.62. The average Bonchev–Trinajstić information content (AvgIpc) is 2.38. The Morgan fingerprint density at radius 2 is 1.27 bits per heavy atom. The molecule has 0 rings (SSSR count). The van der Waals surface area contributed by atoms with Crippen molar-refractivity contribution in [3.8, 4) is 0 Å². The number of nitrogens with two attached hydrogens (primary N) is 1. The predicted octanol–water partition coefficient (Wildman–Crippen LogP) is 4.79. The Morgan fingerprint density at radius 3 is 1.68 bits per heavy atom.